The van der Waals surface area contributed by atoms with Crippen molar-refractivity contribution in [2.75, 3.05) is 0 Å². The largest absolute Gasteiger partial charge is 0.461 e. The molecule has 4 aliphatic carbocycles. The lowest BCUT2D eigenvalue weighted by atomic mass is 9.41. The summed E-state index contributed by atoms with van der Waals surface area (Å²) in [5.74, 6) is 0. The molecular weight excluding hydrogens is 339 g/mol. The summed E-state index contributed by atoms with van der Waals surface area (Å²) in [6, 6.07) is 0. The van der Waals surface area contributed by atoms with Crippen molar-refractivity contribution in [2.24, 2.45) is 10.8 Å². The number of halogens is 1. The number of carbonyl (C=O) groups is 1. The van der Waals surface area contributed by atoms with Crippen LogP contribution in [0, 0.1) is 10.8 Å². The van der Waals surface area contributed by atoms with Gasteiger partial charge >= 0.3 is 0 Å². The van der Waals surface area contributed by atoms with Crippen molar-refractivity contribution in [2.45, 2.75) is 74.2 Å². The van der Waals surface area contributed by atoms with E-state index in [9.17, 15) is 4.79 Å². The van der Waals surface area contributed by atoms with Crippen molar-refractivity contribution in [3.05, 3.63) is 0 Å². The standard InChI is InChI=1S/C15H23IO2/c1-3-12-5-13(4-2)7-14(16,6-12)10-15(8-12,9-13)18-11-17/h11H,3-10H2,1-2H3. The second kappa shape index (κ2) is 3.86. The smallest absolute Gasteiger partial charge is 0.293 e. The molecule has 0 heterocycles. The number of alkyl halides is 1. The van der Waals surface area contributed by atoms with Crippen LogP contribution in [-0.2, 0) is 9.53 Å². The number of ether oxygens (including phenoxy) is 1. The summed E-state index contributed by atoms with van der Waals surface area (Å²) >= 11 is 2.69. The molecule has 4 rings (SSSR count). The van der Waals surface area contributed by atoms with Crippen molar-refractivity contribution < 1.29 is 9.53 Å². The van der Waals surface area contributed by atoms with Crippen LogP contribution in [0.25, 0.3) is 0 Å². The Bertz CT molecular complexity index is 359. The Balaban J connectivity index is 2.04. The van der Waals surface area contributed by atoms with Crippen LogP contribution in [-0.4, -0.2) is 15.5 Å². The van der Waals surface area contributed by atoms with Crippen LogP contribution in [0.2, 0.25) is 0 Å². The van der Waals surface area contributed by atoms with E-state index in [0.717, 1.165) is 19.3 Å². The fraction of sp³-hybridized carbons (Fsp3) is 0.933. The normalized spacial score (nSPS) is 53.5. The van der Waals surface area contributed by atoms with Gasteiger partial charge in [0, 0.05) is 9.84 Å². The van der Waals surface area contributed by atoms with E-state index in [0.29, 0.717) is 20.7 Å². The van der Waals surface area contributed by atoms with Gasteiger partial charge in [0.05, 0.1) is 0 Å². The minimum absolute atomic E-state index is 0.135. The molecule has 0 aromatic rings. The van der Waals surface area contributed by atoms with Gasteiger partial charge in [0.1, 0.15) is 5.60 Å². The first-order chi connectivity index (χ1) is 8.42. The van der Waals surface area contributed by atoms with Crippen LogP contribution in [0.5, 0.6) is 0 Å². The van der Waals surface area contributed by atoms with Crippen molar-refractivity contribution in [1.82, 2.24) is 0 Å². The van der Waals surface area contributed by atoms with E-state index < -0.39 is 0 Å². The second-order valence-corrected chi connectivity index (χ2v) is 9.60. The lowest BCUT2D eigenvalue weighted by Crippen LogP contribution is -2.65. The SMILES string of the molecule is CCC12CC3(I)CC(CC)(C1)CC(OC=O)(C3)C2. The zero-order valence-corrected chi connectivity index (χ0v) is 13.6. The van der Waals surface area contributed by atoms with E-state index in [1.165, 1.54) is 32.1 Å². The quantitative estimate of drug-likeness (QED) is 0.425. The molecule has 4 saturated carbocycles. The predicted octanol–water partition coefficient (Wildman–Crippen LogP) is 4.25. The molecule has 0 aromatic heterocycles. The van der Waals surface area contributed by atoms with Crippen molar-refractivity contribution >= 4 is 29.1 Å². The number of hydrogen-bond donors (Lipinski definition) is 0. The van der Waals surface area contributed by atoms with Gasteiger partial charge in [0.15, 0.2) is 0 Å². The van der Waals surface area contributed by atoms with Gasteiger partial charge in [0.2, 0.25) is 0 Å². The molecule has 0 aliphatic heterocycles. The predicted molar refractivity (Wildman–Crippen MR) is 79.8 cm³/mol. The van der Waals surface area contributed by atoms with Crippen LogP contribution >= 0.6 is 22.6 Å². The molecule has 0 spiro atoms. The molecule has 4 fully saturated rings. The average molecular weight is 362 g/mol. The molecule has 0 saturated heterocycles. The molecule has 3 heteroatoms. The third-order valence-electron chi connectivity index (χ3n) is 5.97. The van der Waals surface area contributed by atoms with Gasteiger partial charge in [-0.3, -0.25) is 4.79 Å². The molecule has 4 bridgehead atoms. The summed E-state index contributed by atoms with van der Waals surface area (Å²) in [6.07, 6.45) is 9.83. The fourth-order valence-electron chi connectivity index (χ4n) is 5.81. The highest BCUT2D eigenvalue weighted by atomic mass is 127. The Kier molecular flexibility index (Phi) is 2.83. The molecule has 2 atom stereocenters. The summed E-state index contributed by atoms with van der Waals surface area (Å²) in [6.45, 7) is 5.36. The van der Waals surface area contributed by atoms with Crippen LogP contribution in [0.4, 0.5) is 0 Å². The molecule has 18 heavy (non-hydrogen) atoms. The van der Waals surface area contributed by atoms with Crippen LogP contribution in [0.15, 0.2) is 0 Å². The summed E-state index contributed by atoms with van der Waals surface area (Å²) in [5.41, 5.74) is 0.744. The van der Waals surface area contributed by atoms with E-state index in [1.807, 2.05) is 0 Å². The summed E-state index contributed by atoms with van der Waals surface area (Å²) in [5, 5.41) is 0. The number of carbonyl (C=O) groups excluding carboxylic acids is 1. The summed E-state index contributed by atoms with van der Waals surface area (Å²) < 4.78 is 6.05. The second-order valence-electron chi connectivity index (χ2n) is 7.32. The fourth-order valence-corrected chi connectivity index (χ4v) is 8.12. The van der Waals surface area contributed by atoms with E-state index in [4.69, 9.17) is 4.74 Å². The average Bonchev–Trinajstić information content (AvgIpc) is 2.26. The Labute approximate surface area is 123 Å². The molecule has 4 aliphatic rings. The third kappa shape index (κ3) is 1.75. The molecule has 0 N–H and O–H groups in total. The van der Waals surface area contributed by atoms with Gasteiger partial charge in [0.25, 0.3) is 6.47 Å². The summed E-state index contributed by atoms with van der Waals surface area (Å²) in [4.78, 5) is 11.0. The molecule has 2 nitrogen and oxygen atoms in total. The Morgan fingerprint density at radius 2 is 1.56 bits per heavy atom. The monoisotopic (exact) mass is 362 g/mol. The molecule has 0 amide bonds. The van der Waals surface area contributed by atoms with Crippen LogP contribution in [0.1, 0.15) is 65.2 Å². The first-order valence-corrected chi connectivity index (χ1v) is 8.31. The summed E-state index contributed by atoms with van der Waals surface area (Å²) in [7, 11) is 0. The van der Waals surface area contributed by atoms with Gasteiger partial charge in [-0.15, -0.1) is 0 Å². The third-order valence-corrected chi connectivity index (χ3v) is 7.11. The van der Waals surface area contributed by atoms with Gasteiger partial charge in [-0.1, -0.05) is 49.3 Å². The Morgan fingerprint density at radius 1 is 1.00 bits per heavy atom. The maximum absolute atomic E-state index is 11.0. The highest BCUT2D eigenvalue weighted by Gasteiger charge is 2.67. The Hall–Kier alpha value is 0.200. The minimum atomic E-state index is -0.135. The van der Waals surface area contributed by atoms with Crippen molar-refractivity contribution in [3.8, 4) is 0 Å². The zero-order valence-electron chi connectivity index (χ0n) is 11.4. The topological polar surface area (TPSA) is 26.3 Å². The maximum Gasteiger partial charge on any atom is 0.293 e. The lowest BCUT2D eigenvalue weighted by Gasteiger charge is -2.68. The molecule has 2 unspecified atom stereocenters. The zero-order chi connectivity index (χ0) is 13.1. The molecular formula is C15H23IO2. The van der Waals surface area contributed by atoms with Gasteiger partial charge in [-0.2, -0.15) is 0 Å². The van der Waals surface area contributed by atoms with E-state index >= 15 is 0 Å². The maximum atomic E-state index is 11.0. The van der Waals surface area contributed by atoms with Crippen LogP contribution in [0.3, 0.4) is 0 Å². The van der Waals surface area contributed by atoms with Crippen molar-refractivity contribution in [3.63, 3.8) is 0 Å². The molecule has 0 aromatic carbocycles. The number of rotatable bonds is 4. The minimum Gasteiger partial charge on any atom is -0.461 e. The molecule has 102 valence electrons. The van der Waals surface area contributed by atoms with E-state index in [1.54, 1.807) is 0 Å². The van der Waals surface area contributed by atoms with Gasteiger partial charge < -0.3 is 4.74 Å². The lowest BCUT2D eigenvalue weighted by molar-refractivity contribution is -0.205. The van der Waals surface area contributed by atoms with Gasteiger partial charge in [-0.05, 0) is 42.9 Å². The first kappa shape index (κ1) is 13.2. The van der Waals surface area contributed by atoms with E-state index in [-0.39, 0.29) is 5.60 Å². The first-order valence-electron chi connectivity index (χ1n) is 7.23. The highest BCUT2D eigenvalue weighted by Crippen LogP contribution is 2.72. The van der Waals surface area contributed by atoms with E-state index in [2.05, 4.69) is 36.4 Å². The van der Waals surface area contributed by atoms with Gasteiger partial charge in [-0.25, -0.2) is 0 Å². The Morgan fingerprint density at radius 3 is 2.00 bits per heavy atom. The highest BCUT2D eigenvalue weighted by molar-refractivity contribution is 14.1. The van der Waals surface area contributed by atoms with Crippen LogP contribution < -0.4 is 0 Å². The van der Waals surface area contributed by atoms with Crippen molar-refractivity contribution in [1.29, 1.82) is 0 Å². The molecule has 0 radical (unpaired) electrons. The number of hydrogen-bond acceptors (Lipinski definition) is 2.